The molecule has 0 spiro atoms. The molecule has 0 bridgehead atoms. The van der Waals surface area contributed by atoms with Crippen LogP contribution >= 0.6 is 22.9 Å². The van der Waals surface area contributed by atoms with E-state index in [0.29, 0.717) is 15.6 Å². The van der Waals surface area contributed by atoms with Gasteiger partial charge in [0.2, 0.25) is 5.91 Å². The summed E-state index contributed by atoms with van der Waals surface area (Å²) >= 11 is 7.18. The highest BCUT2D eigenvalue weighted by atomic mass is 35.5. The molecule has 0 aliphatic heterocycles. The van der Waals surface area contributed by atoms with Crippen LogP contribution in [0, 0.1) is 11.3 Å². The lowest BCUT2D eigenvalue weighted by atomic mass is 10.2. The molecule has 1 heterocycles. The summed E-state index contributed by atoms with van der Waals surface area (Å²) in [7, 11) is 0. The van der Waals surface area contributed by atoms with Gasteiger partial charge in [0, 0.05) is 11.0 Å². The van der Waals surface area contributed by atoms with Crippen molar-refractivity contribution in [2.24, 2.45) is 0 Å². The van der Waals surface area contributed by atoms with Gasteiger partial charge in [-0.05, 0) is 30.3 Å². The Morgan fingerprint density at radius 1 is 1.32 bits per heavy atom. The average molecular weight is 289 g/mol. The second kappa shape index (κ2) is 6.19. The lowest BCUT2D eigenvalue weighted by molar-refractivity contribution is -0.111. The molecule has 19 heavy (non-hydrogen) atoms. The summed E-state index contributed by atoms with van der Waals surface area (Å²) < 4.78 is 0.676. The Balaban J connectivity index is 2.06. The van der Waals surface area contributed by atoms with Crippen LogP contribution in [0.15, 0.2) is 42.5 Å². The number of rotatable bonds is 3. The lowest BCUT2D eigenvalue weighted by Gasteiger charge is -2.03. The molecule has 1 N–H and O–H groups in total. The minimum Gasteiger partial charge on any atom is -0.321 e. The van der Waals surface area contributed by atoms with Crippen molar-refractivity contribution >= 4 is 40.6 Å². The minimum absolute atomic E-state index is 0.285. The van der Waals surface area contributed by atoms with Crippen molar-refractivity contribution in [1.82, 2.24) is 0 Å². The van der Waals surface area contributed by atoms with E-state index in [0.717, 1.165) is 4.88 Å². The molecule has 5 heteroatoms. The standard InChI is InChI=1S/C14H9ClN2OS/c15-13-7-5-11(19-13)6-8-14(18)17-12-4-2-1-3-10(12)9-16/h1-8H,(H,17,18). The molecule has 0 fully saturated rings. The van der Waals surface area contributed by atoms with Crippen LogP contribution < -0.4 is 5.32 Å². The molecule has 0 radical (unpaired) electrons. The first kappa shape index (κ1) is 13.3. The van der Waals surface area contributed by atoms with Crippen LogP contribution in [0.2, 0.25) is 4.34 Å². The second-order valence-corrected chi connectivity index (χ2v) is 5.37. The van der Waals surface area contributed by atoms with E-state index in [4.69, 9.17) is 16.9 Å². The van der Waals surface area contributed by atoms with Gasteiger partial charge in [0.1, 0.15) is 6.07 Å². The SMILES string of the molecule is N#Cc1ccccc1NC(=O)C=Cc1ccc(Cl)s1. The maximum absolute atomic E-state index is 11.7. The highest BCUT2D eigenvalue weighted by Gasteiger charge is 2.03. The summed E-state index contributed by atoms with van der Waals surface area (Å²) in [5, 5.41) is 11.6. The van der Waals surface area contributed by atoms with Crippen LogP contribution in [0.5, 0.6) is 0 Å². The Morgan fingerprint density at radius 3 is 2.79 bits per heavy atom. The average Bonchev–Trinajstić information content (AvgIpc) is 2.83. The molecule has 2 aromatic rings. The summed E-state index contributed by atoms with van der Waals surface area (Å²) in [5.41, 5.74) is 0.937. The van der Waals surface area contributed by atoms with Gasteiger partial charge in [-0.1, -0.05) is 23.7 Å². The number of para-hydroxylation sites is 1. The van der Waals surface area contributed by atoms with E-state index in [2.05, 4.69) is 5.32 Å². The van der Waals surface area contributed by atoms with E-state index < -0.39 is 0 Å². The van der Waals surface area contributed by atoms with Gasteiger partial charge in [-0.25, -0.2) is 0 Å². The fourth-order valence-electron chi connectivity index (χ4n) is 1.44. The van der Waals surface area contributed by atoms with E-state index in [-0.39, 0.29) is 5.91 Å². The first-order valence-electron chi connectivity index (χ1n) is 5.42. The molecule has 1 amide bonds. The number of nitrogens with one attached hydrogen (secondary N) is 1. The Bertz CT molecular complexity index is 670. The molecule has 2 rings (SSSR count). The third kappa shape index (κ3) is 3.68. The number of carbonyl (C=O) groups excluding carboxylic acids is 1. The molecule has 0 atom stereocenters. The smallest absolute Gasteiger partial charge is 0.248 e. The predicted molar refractivity (Wildman–Crippen MR) is 78.1 cm³/mol. The number of nitriles is 1. The van der Waals surface area contributed by atoms with E-state index in [1.54, 1.807) is 36.4 Å². The molecular formula is C14H9ClN2OS. The minimum atomic E-state index is -0.285. The zero-order valence-electron chi connectivity index (χ0n) is 9.76. The number of thiophene rings is 1. The monoisotopic (exact) mass is 288 g/mol. The Hall–Kier alpha value is -2.09. The molecule has 0 unspecified atom stereocenters. The third-order valence-electron chi connectivity index (χ3n) is 2.30. The van der Waals surface area contributed by atoms with Gasteiger partial charge in [-0.3, -0.25) is 4.79 Å². The maximum Gasteiger partial charge on any atom is 0.248 e. The van der Waals surface area contributed by atoms with Crippen molar-refractivity contribution in [3.8, 4) is 6.07 Å². The Morgan fingerprint density at radius 2 is 2.11 bits per heavy atom. The summed E-state index contributed by atoms with van der Waals surface area (Å²) in [4.78, 5) is 12.6. The fourth-order valence-corrected chi connectivity index (χ4v) is 2.40. The van der Waals surface area contributed by atoms with Crippen LogP contribution in [-0.4, -0.2) is 5.91 Å². The molecule has 1 aromatic carbocycles. The van der Waals surface area contributed by atoms with Gasteiger partial charge in [0.25, 0.3) is 0 Å². The summed E-state index contributed by atoms with van der Waals surface area (Å²) in [6, 6.07) is 12.5. The third-order valence-corrected chi connectivity index (χ3v) is 3.49. The van der Waals surface area contributed by atoms with Crippen molar-refractivity contribution in [3.63, 3.8) is 0 Å². The number of benzene rings is 1. The van der Waals surface area contributed by atoms with Crippen molar-refractivity contribution in [2.45, 2.75) is 0 Å². The van der Waals surface area contributed by atoms with Crippen molar-refractivity contribution < 1.29 is 4.79 Å². The number of carbonyl (C=O) groups is 1. The van der Waals surface area contributed by atoms with Crippen LogP contribution in [-0.2, 0) is 4.79 Å². The Labute approximate surface area is 119 Å². The van der Waals surface area contributed by atoms with E-state index in [9.17, 15) is 4.79 Å². The van der Waals surface area contributed by atoms with Crippen molar-refractivity contribution in [1.29, 1.82) is 5.26 Å². The van der Waals surface area contributed by atoms with Gasteiger partial charge in [-0.2, -0.15) is 5.26 Å². The highest BCUT2D eigenvalue weighted by molar-refractivity contribution is 7.17. The number of halogens is 1. The largest absolute Gasteiger partial charge is 0.321 e. The lowest BCUT2D eigenvalue weighted by Crippen LogP contribution is -2.08. The number of anilines is 1. The van der Waals surface area contributed by atoms with E-state index >= 15 is 0 Å². The first-order valence-corrected chi connectivity index (χ1v) is 6.62. The van der Waals surface area contributed by atoms with Crippen LogP contribution in [0.4, 0.5) is 5.69 Å². The zero-order chi connectivity index (χ0) is 13.7. The van der Waals surface area contributed by atoms with E-state index in [1.165, 1.54) is 17.4 Å². The number of amides is 1. The van der Waals surface area contributed by atoms with Gasteiger partial charge >= 0.3 is 0 Å². The summed E-state index contributed by atoms with van der Waals surface area (Å²) in [6.45, 7) is 0. The molecule has 0 saturated carbocycles. The van der Waals surface area contributed by atoms with Crippen LogP contribution in [0.1, 0.15) is 10.4 Å². The first-order chi connectivity index (χ1) is 9.19. The number of hydrogen-bond donors (Lipinski definition) is 1. The predicted octanol–water partition coefficient (Wildman–Crippen LogP) is 3.93. The normalized spacial score (nSPS) is 10.3. The van der Waals surface area contributed by atoms with Gasteiger partial charge < -0.3 is 5.32 Å². The van der Waals surface area contributed by atoms with Crippen LogP contribution in [0.3, 0.4) is 0 Å². The molecule has 3 nitrogen and oxygen atoms in total. The molecular weight excluding hydrogens is 280 g/mol. The molecule has 94 valence electrons. The molecule has 0 aliphatic rings. The quantitative estimate of drug-likeness (QED) is 0.870. The number of nitrogens with zero attached hydrogens (tertiary/aromatic N) is 1. The summed E-state index contributed by atoms with van der Waals surface area (Å²) in [6.07, 6.45) is 3.09. The van der Waals surface area contributed by atoms with E-state index in [1.807, 2.05) is 12.1 Å². The van der Waals surface area contributed by atoms with Gasteiger partial charge in [-0.15, -0.1) is 11.3 Å². The topological polar surface area (TPSA) is 52.9 Å². The van der Waals surface area contributed by atoms with Gasteiger partial charge in [0.05, 0.1) is 15.6 Å². The van der Waals surface area contributed by atoms with Crippen LogP contribution in [0.25, 0.3) is 6.08 Å². The fraction of sp³-hybridized carbons (Fsp3) is 0. The Kier molecular flexibility index (Phi) is 4.35. The highest BCUT2D eigenvalue weighted by Crippen LogP contribution is 2.22. The number of hydrogen-bond acceptors (Lipinski definition) is 3. The molecule has 0 saturated heterocycles. The van der Waals surface area contributed by atoms with Gasteiger partial charge in [0.15, 0.2) is 0 Å². The second-order valence-electron chi connectivity index (χ2n) is 3.62. The van der Waals surface area contributed by atoms with Crippen molar-refractivity contribution in [2.75, 3.05) is 5.32 Å². The molecule has 0 aliphatic carbocycles. The van der Waals surface area contributed by atoms with Crippen molar-refractivity contribution in [3.05, 3.63) is 57.3 Å². The maximum atomic E-state index is 11.7. The zero-order valence-corrected chi connectivity index (χ0v) is 11.3. The molecule has 1 aromatic heterocycles. The summed E-state index contributed by atoms with van der Waals surface area (Å²) in [5.74, 6) is -0.285.